The number of allylic oxidation sites excluding steroid dienone is 4. The molecule has 1 aliphatic rings. The summed E-state index contributed by atoms with van der Waals surface area (Å²) in [6.07, 6.45) is 6.86. The van der Waals surface area contributed by atoms with Crippen LogP contribution in [0.2, 0.25) is 0 Å². The molecule has 0 amide bonds. The monoisotopic (exact) mass is 209 g/mol. The van der Waals surface area contributed by atoms with Crippen LogP contribution in [0.1, 0.15) is 0 Å². The molecular formula is C10H11NO2S. The van der Waals surface area contributed by atoms with E-state index in [0.717, 1.165) is 10.5 Å². The van der Waals surface area contributed by atoms with Gasteiger partial charge in [-0.2, -0.15) is 0 Å². The topological polar surface area (TPSA) is 49.3 Å². The van der Waals surface area contributed by atoms with E-state index in [1.54, 1.807) is 24.4 Å². The number of hydrogen-bond donors (Lipinski definition) is 2. The Morgan fingerprint density at radius 3 is 2.93 bits per heavy atom. The highest BCUT2D eigenvalue weighted by molar-refractivity contribution is 8.04. The van der Waals surface area contributed by atoms with Crippen LogP contribution in [-0.4, -0.2) is 16.4 Å². The minimum absolute atomic E-state index is 0.598. The van der Waals surface area contributed by atoms with Crippen molar-refractivity contribution in [3.8, 4) is 0 Å². The lowest BCUT2D eigenvalue weighted by Crippen LogP contribution is -2.25. The van der Waals surface area contributed by atoms with Gasteiger partial charge in [0.2, 0.25) is 0 Å². The van der Waals surface area contributed by atoms with Crippen molar-refractivity contribution in [2.24, 2.45) is 0 Å². The van der Waals surface area contributed by atoms with E-state index in [1.807, 2.05) is 0 Å². The largest absolute Gasteiger partial charge is 0.479 e. The molecule has 0 aromatic heterocycles. The molecule has 0 bridgehead atoms. The van der Waals surface area contributed by atoms with Gasteiger partial charge in [-0.1, -0.05) is 43.1 Å². The summed E-state index contributed by atoms with van der Waals surface area (Å²) < 4.78 is 0. The molecule has 0 radical (unpaired) electrons. The summed E-state index contributed by atoms with van der Waals surface area (Å²) in [5, 5.41) is 10.9. The standard InChI is InChI=1S/C10H11NO2S/c1-3-4-5-7(2)8-6-11-9(14-8)10(12)13/h3-6,9,11H,1-2H2,(H,12,13)/b5-4-. The summed E-state index contributed by atoms with van der Waals surface area (Å²) in [5.41, 5.74) is 0.783. The van der Waals surface area contributed by atoms with Gasteiger partial charge in [-0.15, -0.1) is 0 Å². The highest BCUT2D eigenvalue weighted by atomic mass is 32.2. The summed E-state index contributed by atoms with van der Waals surface area (Å²) in [7, 11) is 0. The Morgan fingerprint density at radius 2 is 2.43 bits per heavy atom. The number of carboxylic acid groups (broad SMARTS) is 1. The molecule has 1 unspecified atom stereocenters. The number of rotatable bonds is 4. The average molecular weight is 209 g/mol. The van der Waals surface area contributed by atoms with Crippen molar-refractivity contribution >= 4 is 17.7 Å². The zero-order chi connectivity index (χ0) is 10.6. The molecule has 4 heteroatoms. The van der Waals surface area contributed by atoms with Crippen LogP contribution in [0.3, 0.4) is 0 Å². The molecular weight excluding hydrogens is 198 g/mol. The van der Waals surface area contributed by atoms with Crippen LogP contribution in [0.15, 0.2) is 48.1 Å². The molecule has 1 heterocycles. The zero-order valence-corrected chi connectivity index (χ0v) is 8.38. The lowest BCUT2D eigenvalue weighted by atomic mass is 10.2. The van der Waals surface area contributed by atoms with Gasteiger partial charge in [0.1, 0.15) is 0 Å². The van der Waals surface area contributed by atoms with Crippen molar-refractivity contribution in [2.45, 2.75) is 5.37 Å². The van der Waals surface area contributed by atoms with Gasteiger partial charge in [-0.05, 0) is 5.57 Å². The third-order valence-electron chi connectivity index (χ3n) is 1.58. The van der Waals surface area contributed by atoms with Crippen LogP contribution in [0.4, 0.5) is 0 Å². The molecule has 74 valence electrons. The number of aliphatic carboxylic acids is 1. The van der Waals surface area contributed by atoms with Crippen LogP contribution in [0.25, 0.3) is 0 Å². The van der Waals surface area contributed by atoms with Gasteiger partial charge in [-0.3, -0.25) is 0 Å². The van der Waals surface area contributed by atoms with E-state index in [9.17, 15) is 4.79 Å². The summed E-state index contributed by atoms with van der Waals surface area (Å²) in [5.74, 6) is -0.873. The minimum Gasteiger partial charge on any atom is -0.479 e. The molecule has 0 spiro atoms. The summed E-state index contributed by atoms with van der Waals surface area (Å²) in [6.45, 7) is 7.35. The van der Waals surface area contributed by atoms with Crippen molar-refractivity contribution in [2.75, 3.05) is 0 Å². The Labute approximate surface area is 86.9 Å². The van der Waals surface area contributed by atoms with Crippen LogP contribution < -0.4 is 5.32 Å². The maximum atomic E-state index is 10.6. The van der Waals surface area contributed by atoms with Crippen LogP contribution in [0, 0.1) is 0 Å². The highest BCUT2D eigenvalue weighted by Gasteiger charge is 2.24. The van der Waals surface area contributed by atoms with Crippen molar-refractivity contribution in [3.63, 3.8) is 0 Å². The number of carboxylic acids is 1. The van der Waals surface area contributed by atoms with Gasteiger partial charge in [-0.25, -0.2) is 4.79 Å². The van der Waals surface area contributed by atoms with Crippen LogP contribution >= 0.6 is 11.8 Å². The van der Waals surface area contributed by atoms with E-state index >= 15 is 0 Å². The SMILES string of the molecule is C=C/C=C\C(=C)C1=CNC(C(=O)O)S1. The lowest BCUT2D eigenvalue weighted by Gasteiger charge is -2.03. The fourth-order valence-corrected chi connectivity index (χ4v) is 1.75. The van der Waals surface area contributed by atoms with Gasteiger partial charge in [0.05, 0.1) is 0 Å². The normalized spacial score (nSPS) is 20.3. The van der Waals surface area contributed by atoms with Gasteiger partial charge in [0.25, 0.3) is 0 Å². The first-order chi connectivity index (χ1) is 6.65. The second-order valence-corrected chi connectivity index (χ2v) is 3.78. The molecule has 0 saturated carbocycles. The number of carbonyl (C=O) groups is 1. The summed E-state index contributed by atoms with van der Waals surface area (Å²) >= 11 is 1.24. The summed E-state index contributed by atoms with van der Waals surface area (Å²) in [4.78, 5) is 11.4. The van der Waals surface area contributed by atoms with Crippen molar-refractivity contribution in [3.05, 3.63) is 48.1 Å². The number of thioether (sulfide) groups is 1. The third kappa shape index (κ3) is 2.53. The zero-order valence-electron chi connectivity index (χ0n) is 7.56. The smallest absolute Gasteiger partial charge is 0.337 e. The molecule has 0 aliphatic carbocycles. The predicted octanol–water partition coefficient (Wildman–Crippen LogP) is 1.87. The van der Waals surface area contributed by atoms with Crippen molar-refractivity contribution < 1.29 is 9.90 Å². The van der Waals surface area contributed by atoms with E-state index < -0.39 is 11.3 Å². The molecule has 14 heavy (non-hydrogen) atoms. The van der Waals surface area contributed by atoms with Gasteiger partial charge < -0.3 is 10.4 Å². The first kappa shape index (κ1) is 10.7. The highest BCUT2D eigenvalue weighted by Crippen LogP contribution is 2.31. The Balaban J connectivity index is 2.57. The minimum atomic E-state index is -0.873. The Bertz CT molecular complexity index is 331. The Hall–Kier alpha value is -1.42. The maximum absolute atomic E-state index is 10.6. The van der Waals surface area contributed by atoms with Crippen molar-refractivity contribution in [1.82, 2.24) is 5.32 Å². The Morgan fingerprint density at radius 1 is 1.71 bits per heavy atom. The van der Waals surface area contributed by atoms with Crippen LogP contribution in [0.5, 0.6) is 0 Å². The van der Waals surface area contributed by atoms with Gasteiger partial charge >= 0.3 is 5.97 Å². The second-order valence-electron chi connectivity index (χ2n) is 2.63. The van der Waals surface area contributed by atoms with E-state index in [-0.39, 0.29) is 0 Å². The molecule has 0 aromatic carbocycles. The molecule has 1 atom stereocenters. The first-order valence-corrected chi connectivity index (χ1v) is 4.87. The van der Waals surface area contributed by atoms with E-state index in [2.05, 4.69) is 18.5 Å². The van der Waals surface area contributed by atoms with E-state index in [4.69, 9.17) is 5.11 Å². The lowest BCUT2D eigenvalue weighted by molar-refractivity contribution is -0.136. The average Bonchev–Trinajstić information content (AvgIpc) is 2.62. The molecule has 1 rings (SSSR count). The number of hydrogen-bond acceptors (Lipinski definition) is 3. The molecule has 2 N–H and O–H groups in total. The van der Waals surface area contributed by atoms with Crippen LogP contribution in [-0.2, 0) is 4.79 Å². The summed E-state index contributed by atoms with van der Waals surface area (Å²) in [6, 6.07) is 0. The second kappa shape index (κ2) is 4.72. The maximum Gasteiger partial charge on any atom is 0.337 e. The van der Waals surface area contributed by atoms with Gasteiger partial charge in [0, 0.05) is 11.1 Å². The fraction of sp³-hybridized carbons (Fsp3) is 0.100. The predicted molar refractivity (Wildman–Crippen MR) is 58.7 cm³/mol. The fourth-order valence-electron chi connectivity index (χ4n) is 0.903. The molecule has 0 fully saturated rings. The third-order valence-corrected chi connectivity index (χ3v) is 2.79. The van der Waals surface area contributed by atoms with E-state index in [1.165, 1.54) is 11.8 Å². The molecule has 0 aromatic rings. The first-order valence-electron chi connectivity index (χ1n) is 3.99. The van der Waals surface area contributed by atoms with Crippen molar-refractivity contribution in [1.29, 1.82) is 0 Å². The quantitative estimate of drug-likeness (QED) is 0.694. The molecule has 0 saturated heterocycles. The van der Waals surface area contributed by atoms with Gasteiger partial charge in [0.15, 0.2) is 5.37 Å². The molecule has 1 aliphatic heterocycles. The number of nitrogens with one attached hydrogen (secondary N) is 1. The Kier molecular flexibility index (Phi) is 3.59. The van der Waals surface area contributed by atoms with E-state index in [0.29, 0.717) is 0 Å². The molecule has 3 nitrogen and oxygen atoms in total.